The van der Waals surface area contributed by atoms with Crippen molar-refractivity contribution in [3.05, 3.63) is 94.8 Å². The maximum absolute atomic E-state index is 14.9. The number of benzene rings is 2. The summed E-state index contributed by atoms with van der Waals surface area (Å²) < 4.78 is 39.1. The summed E-state index contributed by atoms with van der Waals surface area (Å²) in [5.41, 5.74) is 4.77. The van der Waals surface area contributed by atoms with E-state index < -0.39 is 17.6 Å². The van der Waals surface area contributed by atoms with Crippen LogP contribution in [0.2, 0.25) is 0 Å². The number of rotatable bonds is 5. The largest absolute Gasteiger partial charge is 0.465 e. The summed E-state index contributed by atoms with van der Waals surface area (Å²) in [5, 5.41) is 0. The minimum Gasteiger partial charge on any atom is -0.465 e. The Balaban J connectivity index is 1.28. The van der Waals surface area contributed by atoms with Gasteiger partial charge in [0.25, 0.3) is 11.7 Å². The summed E-state index contributed by atoms with van der Waals surface area (Å²) in [6, 6.07) is 14.2. The quantitative estimate of drug-likeness (QED) is 0.415. The molecule has 1 spiro atoms. The smallest absolute Gasteiger partial charge is 0.339 e. The SMILES string of the molecule is COC(=O)c1cc(-c2cc(F)ccc2C(=O)N2Cc3ccccc3C[C@H]2CN2CCOCC2)n2c1CC1(CC2)OC=CO1. The Bertz CT molecular complexity index is 1590. The van der Waals surface area contributed by atoms with E-state index in [0.717, 1.165) is 31.6 Å². The van der Waals surface area contributed by atoms with Gasteiger partial charge in [-0.2, -0.15) is 0 Å². The molecule has 224 valence electrons. The van der Waals surface area contributed by atoms with Gasteiger partial charge in [-0.25, -0.2) is 9.18 Å². The van der Waals surface area contributed by atoms with Gasteiger partial charge in [0.15, 0.2) is 0 Å². The van der Waals surface area contributed by atoms with Crippen LogP contribution >= 0.6 is 0 Å². The second kappa shape index (κ2) is 11.2. The van der Waals surface area contributed by atoms with Crippen LogP contribution in [0.1, 0.15) is 44.0 Å². The molecule has 0 N–H and O–H groups in total. The highest BCUT2D eigenvalue weighted by Crippen LogP contribution is 2.40. The monoisotopic (exact) mass is 587 g/mol. The molecule has 0 unspecified atom stereocenters. The fourth-order valence-corrected chi connectivity index (χ4v) is 6.84. The number of hydrogen-bond donors (Lipinski definition) is 0. The first-order chi connectivity index (χ1) is 20.9. The van der Waals surface area contributed by atoms with E-state index in [9.17, 15) is 14.0 Å². The van der Waals surface area contributed by atoms with Crippen molar-refractivity contribution in [1.29, 1.82) is 0 Å². The van der Waals surface area contributed by atoms with Gasteiger partial charge in [-0.3, -0.25) is 9.69 Å². The maximum atomic E-state index is 14.9. The lowest BCUT2D eigenvalue weighted by Crippen LogP contribution is -2.52. The van der Waals surface area contributed by atoms with Crippen molar-refractivity contribution >= 4 is 11.9 Å². The lowest BCUT2D eigenvalue weighted by molar-refractivity contribution is -0.154. The normalized spacial score (nSPS) is 20.7. The molecule has 4 aliphatic heterocycles. The highest BCUT2D eigenvalue weighted by Gasteiger charge is 2.43. The predicted octanol–water partition coefficient (Wildman–Crippen LogP) is 4.14. The molecule has 1 amide bonds. The number of methoxy groups -OCH3 is 1. The zero-order valence-electron chi connectivity index (χ0n) is 24.1. The number of esters is 1. The molecule has 0 saturated carbocycles. The van der Waals surface area contributed by atoms with E-state index in [1.807, 2.05) is 21.6 Å². The Labute approximate surface area is 249 Å². The highest BCUT2D eigenvalue weighted by atomic mass is 19.1. The number of aromatic nitrogens is 1. The first-order valence-corrected chi connectivity index (χ1v) is 14.7. The molecule has 43 heavy (non-hydrogen) atoms. The van der Waals surface area contributed by atoms with Gasteiger partial charge in [0.2, 0.25) is 0 Å². The molecule has 7 rings (SSSR count). The minimum absolute atomic E-state index is 0.0608. The van der Waals surface area contributed by atoms with Gasteiger partial charge in [0, 0.05) is 62.0 Å². The molecule has 4 aliphatic rings. The number of hydrogen-bond acceptors (Lipinski definition) is 7. The predicted molar refractivity (Wildman–Crippen MR) is 155 cm³/mol. The van der Waals surface area contributed by atoms with E-state index in [4.69, 9.17) is 18.9 Å². The van der Waals surface area contributed by atoms with Gasteiger partial charge in [-0.1, -0.05) is 24.3 Å². The van der Waals surface area contributed by atoms with Gasteiger partial charge in [0.05, 0.1) is 38.0 Å². The molecule has 2 aromatic carbocycles. The van der Waals surface area contributed by atoms with E-state index in [-0.39, 0.29) is 11.9 Å². The number of morpholine rings is 1. The summed E-state index contributed by atoms with van der Waals surface area (Å²) in [4.78, 5) is 31.7. The van der Waals surface area contributed by atoms with Crippen LogP contribution in [0.25, 0.3) is 11.3 Å². The van der Waals surface area contributed by atoms with E-state index >= 15 is 0 Å². The topological polar surface area (TPSA) is 82.5 Å². The van der Waals surface area contributed by atoms with Crippen molar-refractivity contribution in [2.75, 3.05) is 40.0 Å². The Morgan fingerprint density at radius 3 is 2.53 bits per heavy atom. The van der Waals surface area contributed by atoms with Gasteiger partial charge < -0.3 is 28.4 Å². The van der Waals surface area contributed by atoms with Crippen LogP contribution in [0, 0.1) is 5.82 Å². The number of ether oxygens (including phenoxy) is 4. The van der Waals surface area contributed by atoms with Crippen LogP contribution in [0.15, 0.2) is 61.1 Å². The van der Waals surface area contributed by atoms with Crippen molar-refractivity contribution in [2.45, 2.75) is 44.2 Å². The minimum atomic E-state index is -0.900. The van der Waals surface area contributed by atoms with E-state index in [1.54, 1.807) is 12.1 Å². The molecule has 10 heteroatoms. The molecule has 1 aromatic heterocycles. The van der Waals surface area contributed by atoms with Crippen LogP contribution in [0.4, 0.5) is 4.39 Å². The average molecular weight is 588 g/mol. The van der Waals surface area contributed by atoms with Crippen molar-refractivity contribution < 1.29 is 32.9 Å². The van der Waals surface area contributed by atoms with Crippen LogP contribution < -0.4 is 0 Å². The second-order valence-corrected chi connectivity index (χ2v) is 11.5. The van der Waals surface area contributed by atoms with Gasteiger partial charge in [0.1, 0.15) is 18.3 Å². The fraction of sp³-hybridized carbons (Fsp3) is 0.394. The molecule has 1 atom stereocenters. The van der Waals surface area contributed by atoms with Gasteiger partial charge in [-0.15, -0.1) is 0 Å². The van der Waals surface area contributed by atoms with Crippen molar-refractivity contribution in [3.8, 4) is 11.3 Å². The number of carbonyl (C=O) groups is 2. The second-order valence-electron chi connectivity index (χ2n) is 11.5. The standard InChI is InChI=1S/C33H34FN3O6/c1-40-32(39)28-18-29(36-9-8-33(19-30(28)36)42-14-15-43-33)27-17-24(34)6-7-26(27)31(38)37-20-23-5-3-2-4-22(23)16-25(37)21-35-10-12-41-13-11-35/h2-7,14-15,17-18,25H,8-13,16,19-21H2,1H3/t25-/m0/s1. The Kier molecular flexibility index (Phi) is 7.18. The van der Waals surface area contributed by atoms with E-state index in [0.29, 0.717) is 67.2 Å². The molecule has 1 saturated heterocycles. The fourth-order valence-electron chi connectivity index (χ4n) is 6.84. The van der Waals surface area contributed by atoms with Gasteiger partial charge >= 0.3 is 5.97 Å². The molecule has 9 nitrogen and oxygen atoms in total. The van der Waals surface area contributed by atoms with Crippen LogP contribution in [-0.2, 0) is 44.9 Å². The Hall–Kier alpha value is -4.15. The van der Waals surface area contributed by atoms with Crippen LogP contribution in [-0.4, -0.2) is 78.0 Å². The molecule has 3 aromatic rings. The molecule has 0 bridgehead atoms. The maximum Gasteiger partial charge on any atom is 0.339 e. The Morgan fingerprint density at radius 2 is 1.77 bits per heavy atom. The summed E-state index contributed by atoms with van der Waals surface area (Å²) in [5.74, 6) is -2.05. The first-order valence-electron chi connectivity index (χ1n) is 14.7. The zero-order chi connectivity index (χ0) is 29.6. The first kappa shape index (κ1) is 27.7. The summed E-state index contributed by atoms with van der Waals surface area (Å²) in [6.45, 7) is 4.62. The number of halogens is 1. The highest BCUT2D eigenvalue weighted by molar-refractivity contribution is 6.02. The summed E-state index contributed by atoms with van der Waals surface area (Å²) in [6.07, 6.45) is 4.56. The third-order valence-electron chi connectivity index (χ3n) is 9.07. The lowest BCUT2D eigenvalue weighted by atomic mass is 9.92. The summed E-state index contributed by atoms with van der Waals surface area (Å²) >= 11 is 0. The average Bonchev–Trinajstić information content (AvgIpc) is 3.65. The van der Waals surface area contributed by atoms with Gasteiger partial charge in [-0.05, 0) is 41.8 Å². The third kappa shape index (κ3) is 5.08. The van der Waals surface area contributed by atoms with Crippen molar-refractivity contribution in [2.24, 2.45) is 0 Å². The van der Waals surface area contributed by atoms with E-state index in [2.05, 4.69) is 17.0 Å². The molecule has 5 heterocycles. The number of carbonyl (C=O) groups excluding carboxylic acids is 2. The number of nitrogens with zero attached hydrogens (tertiary/aromatic N) is 3. The number of amides is 1. The van der Waals surface area contributed by atoms with Crippen LogP contribution in [0.5, 0.6) is 0 Å². The Morgan fingerprint density at radius 1 is 1.00 bits per heavy atom. The third-order valence-corrected chi connectivity index (χ3v) is 9.07. The van der Waals surface area contributed by atoms with Crippen molar-refractivity contribution in [1.82, 2.24) is 14.4 Å². The summed E-state index contributed by atoms with van der Waals surface area (Å²) in [7, 11) is 1.33. The molecular formula is C33H34FN3O6. The van der Waals surface area contributed by atoms with E-state index in [1.165, 1.54) is 37.3 Å². The molecule has 0 aliphatic carbocycles. The number of fused-ring (bicyclic) bond motifs is 2. The molecule has 1 fully saturated rings. The molecular weight excluding hydrogens is 553 g/mol. The molecule has 0 radical (unpaired) electrons. The van der Waals surface area contributed by atoms with Crippen LogP contribution in [0.3, 0.4) is 0 Å². The lowest BCUT2D eigenvalue weighted by Gasteiger charge is -2.40. The van der Waals surface area contributed by atoms with Crippen molar-refractivity contribution in [3.63, 3.8) is 0 Å². The zero-order valence-corrected chi connectivity index (χ0v) is 24.1.